The van der Waals surface area contributed by atoms with Crippen molar-refractivity contribution in [1.29, 1.82) is 0 Å². The van der Waals surface area contributed by atoms with E-state index in [1.807, 2.05) is 42.5 Å². The summed E-state index contributed by atoms with van der Waals surface area (Å²) in [5.41, 5.74) is 1.90. The Kier molecular flexibility index (Phi) is 6.17. The predicted molar refractivity (Wildman–Crippen MR) is 127 cm³/mol. The van der Waals surface area contributed by atoms with E-state index in [2.05, 4.69) is 15.7 Å². The van der Waals surface area contributed by atoms with Gasteiger partial charge >= 0.3 is 0 Å². The van der Waals surface area contributed by atoms with Crippen LogP contribution in [0, 0.1) is 0 Å². The number of carbonyl (C=O) groups is 2. The summed E-state index contributed by atoms with van der Waals surface area (Å²) in [5.74, 6) is -0.278. The van der Waals surface area contributed by atoms with Gasteiger partial charge in [0.2, 0.25) is 11.8 Å². The van der Waals surface area contributed by atoms with Gasteiger partial charge in [0.05, 0.1) is 18.5 Å². The lowest BCUT2D eigenvalue weighted by atomic mass is 10.1. The molecule has 1 heterocycles. The Bertz CT molecular complexity index is 1410. The average Bonchev–Trinajstić information content (AvgIpc) is 2.80. The second-order valence-electron chi connectivity index (χ2n) is 7.42. The number of rotatable bonds is 6. The highest BCUT2D eigenvalue weighted by Crippen LogP contribution is 2.28. The summed E-state index contributed by atoms with van der Waals surface area (Å²) in [7, 11) is 1.47. The minimum atomic E-state index is -0.460. The molecule has 3 aromatic carbocycles. The molecule has 4 aromatic rings. The van der Waals surface area contributed by atoms with Crippen LogP contribution in [0.3, 0.4) is 0 Å². The maximum atomic E-state index is 12.7. The van der Waals surface area contributed by atoms with Crippen LogP contribution >= 0.6 is 0 Å². The quantitative estimate of drug-likeness (QED) is 0.474. The van der Waals surface area contributed by atoms with E-state index in [-0.39, 0.29) is 12.5 Å². The molecule has 2 amide bonds. The van der Waals surface area contributed by atoms with E-state index in [1.165, 1.54) is 20.1 Å². The fourth-order valence-electron chi connectivity index (χ4n) is 3.48. The van der Waals surface area contributed by atoms with Gasteiger partial charge in [-0.2, -0.15) is 5.10 Å². The monoisotopic (exact) mass is 442 g/mol. The highest BCUT2D eigenvalue weighted by atomic mass is 16.5. The van der Waals surface area contributed by atoms with Crippen LogP contribution in [0.2, 0.25) is 0 Å². The molecule has 2 N–H and O–H groups in total. The highest BCUT2D eigenvalue weighted by Gasteiger charge is 2.12. The second kappa shape index (κ2) is 9.35. The zero-order valence-electron chi connectivity index (χ0n) is 18.2. The first-order chi connectivity index (χ1) is 15.9. The summed E-state index contributed by atoms with van der Waals surface area (Å²) in [5, 5.41) is 11.9. The average molecular weight is 442 g/mol. The van der Waals surface area contributed by atoms with Gasteiger partial charge in [0.1, 0.15) is 12.3 Å². The fraction of sp³-hybridized carbons (Fsp3) is 0.120. The number of aromatic nitrogens is 2. The van der Waals surface area contributed by atoms with Gasteiger partial charge in [0, 0.05) is 24.2 Å². The van der Waals surface area contributed by atoms with Crippen molar-refractivity contribution in [1.82, 2.24) is 9.78 Å². The maximum Gasteiger partial charge on any atom is 0.267 e. The number of methoxy groups -OCH3 is 1. The molecule has 0 aliphatic heterocycles. The molecule has 1 aromatic heterocycles. The van der Waals surface area contributed by atoms with Gasteiger partial charge in [-0.05, 0) is 41.1 Å². The molecule has 0 fully saturated rings. The van der Waals surface area contributed by atoms with E-state index < -0.39 is 11.5 Å². The van der Waals surface area contributed by atoms with E-state index >= 15 is 0 Å². The molecule has 0 unspecified atom stereocenters. The first kappa shape index (κ1) is 21.8. The molecule has 0 aliphatic carbocycles. The summed E-state index contributed by atoms with van der Waals surface area (Å²) < 4.78 is 6.40. The molecule has 0 bridgehead atoms. The number of hydrogen-bond acceptors (Lipinski definition) is 5. The molecule has 0 aliphatic rings. The van der Waals surface area contributed by atoms with Crippen molar-refractivity contribution in [3.8, 4) is 17.0 Å². The van der Waals surface area contributed by atoms with Gasteiger partial charge < -0.3 is 15.4 Å². The van der Waals surface area contributed by atoms with Crippen LogP contribution < -0.4 is 20.9 Å². The van der Waals surface area contributed by atoms with Crippen molar-refractivity contribution in [3.63, 3.8) is 0 Å². The Hall–Kier alpha value is -4.46. The van der Waals surface area contributed by atoms with Crippen LogP contribution in [-0.2, 0) is 16.1 Å². The zero-order valence-corrected chi connectivity index (χ0v) is 18.2. The SMILES string of the molecule is COc1ccc(NC(C)=O)cc1NC(=O)Cn1nc(-c2ccc3ccccc3c2)ccc1=O. The molecule has 0 radical (unpaired) electrons. The minimum absolute atomic E-state index is 0.237. The van der Waals surface area contributed by atoms with Crippen molar-refractivity contribution in [3.05, 3.63) is 83.2 Å². The summed E-state index contributed by atoms with van der Waals surface area (Å²) in [4.78, 5) is 36.4. The Labute approximate surface area is 189 Å². The van der Waals surface area contributed by atoms with Gasteiger partial charge in [0.15, 0.2) is 0 Å². The summed E-state index contributed by atoms with van der Waals surface area (Å²) in [6.45, 7) is 1.11. The molecular formula is C25H22N4O4. The van der Waals surface area contributed by atoms with Gasteiger partial charge in [-0.3, -0.25) is 14.4 Å². The molecule has 0 saturated heterocycles. The molecule has 0 atom stereocenters. The standard InChI is InChI=1S/C25H22N4O4/c1-16(30)26-20-9-11-23(33-2)22(14-20)27-24(31)15-29-25(32)12-10-21(28-29)19-8-7-17-5-3-4-6-18(17)13-19/h3-14H,15H2,1-2H3,(H,26,30)(H,27,31). The van der Waals surface area contributed by atoms with Crippen LogP contribution in [-0.4, -0.2) is 28.7 Å². The van der Waals surface area contributed by atoms with Crippen LogP contribution in [0.25, 0.3) is 22.0 Å². The summed E-state index contributed by atoms with van der Waals surface area (Å²) in [6.07, 6.45) is 0. The fourth-order valence-corrected chi connectivity index (χ4v) is 3.48. The largest absolute Gasteiger partial charge is 0.495 e. The topological polar surface area (TPSA) is 102 Å². The molecule has 4 rings (SSSR count). The first-order valence-electron chi connectivity index (χ1n) is 10.3. The lowest BCUT2D eigenvalue weighted by Gasteiger charge is -2.13. The lowest BCUT2D eigenvalue weighted by Crippen LogP contribution is -2.29. The van der Waals surface area contributed by atoms with Gasteiger partial charge in [0.25, 0.3) is 5.56 Å². The first-order valence-corrected chi connectivity index (χ1v) is 10.3. The Morgan fingerprint density at radius 1 is 0.939 bits per heavy atom. The Balaban J connectivity index is 1.57. The highest BCUT2D eigenvalue weighted by molar-refractivity contribution is 5.95. The number of fused-ring (bicyclic) bond motifs is 1. The smallest absolute Gasteiger partial charge is 0.267 e. The number of amides is 2. The molecule has 8 heteroatoms. The number of anilines is 2. The van der Waals surface area contributed by atoms with Crippen molar-refractivity contribution < 1.29 is 14.3 Å². The van der Waals surface area contributed by atoms with E-state index in [4.69, 9.17) is 4.74 Å². The van der Waals surface area contributed by atoms with Crippen molar-refractivity contribution in [2.75, 3.05) is 17.7 Å². The van der Waals surface area contributed by atoms with E-state index in [0.717, 1.165) is 21.0 Å². The van der Waals surface area contributed by atoms with Crippen LogP contribution in [0.15, 0.2) is 77.6 Å². The van der Waals surface area contributed by atoms with Crippen LogP contribution in [0.5, 0.6) is 5.75 Å². The summed E-state index contributed by atoms with van der Waals surface area (Å²) >= 11 is 0. The van der Waals surface area contributed by atoms with E-state index in [1.54, 1.807) is 24.3 Å². The molecule has 166 valence electrons. The van der Waals surface area contributed by atoms with E-state index in [9.17, 15) is 14.4 Å². The Morgan fingerprint density at radius 3 is 2.48 bits per heavy atom. The van der Waals surface area contributed by atoms with Crippen LogP contribution in [0.4, 0.5) is 11.4 Å². The third kappa shape index (κ3) is 5.07. The van der Waals surface area contributed by atoms with Gasteiger partial charge in [-0.1, -0.05) is 36.4 Å². The molecule has 33 heavy (non-hydrogen) atoms. The molecular weight excluding hydrogens is 420 g/mol. The van der Waals surface area contributed by atoms with Crippen molar-refractivity contribution in [2.24, 2.45) is 0 Å². The second-order valence-corrected chi connectivity index (χ2v) is 7.42. The number of benzene rings is 3. The lowest BCUT2D eigenvalue weighted by molar-refractivity contribution is -0.117. The number of nitrogens with one attached hydrogen (secondary N) is 2. The number of hydrogen-bond donors (Lipinski definition) is 2. The van der Waals surface area contributed by atoms with Gasteiger partial charge in [-0.15, -0.1) is 0 Å². The number of nitrogens with zero attached hydrogens (tertiary/aromatic N) is 2. The van der Waals surface area contributed by atoms with Crippen molar-refractivity contribution >= 4 is 34.0 Å². The van der Waals surface area contributed by atoms with Crippen LogP contribution in [0.1, 0.15) is 6.92 Å². The number of ether oxygens (including phenoxy) is 1. The Morgan fingerprint density at radius 2 is 1.73 bits per heavy atom. The molecule has 0 saturated carbocycles. The zero-order chi connectivity index (χ0) is 23.4. The maximum absolute atomic E-state index is 12.7. The van der Waals surface area contributed by atoms with Crippen molar-refractivity contribution in [2.45, 2.75) is 13.5 Å². The number of carbonyl (C=O) groups excluding carboxylic acids is 2. The molecule has 0 spiro atoms. The summed E-state index contributed by atoms with van der Waals surface area (Å²) in [6, 6.07) is 21.8. The normalized spacial score (nSPS) is 10.6. The molecule has 8 nitrogen and oxygen atoms in total. The predicted octanol–water partition coefficient (Wildman–Crippen LogP) is 3.67. The third-order valence-corrected chi connectivity index (χ3v) is 5.00. The van der Waals surface area contributed by atoms with E-state index in [0.29, 0.717) is 22.8 Å². The third-order valence-electron chi connectivity index (χ3n) is 5.00. The minimum Gasteiger partial charge on any atom is -0.495 e. The van der Waals surface area contributed by atoms with Gasteiger partial charge in [-0.25, -0.2) is 4.68 Å².